The Hall–Kier alpha value is -4.00. The standard InChI is InChI=1S/C26H23NO6/c1-16-7-9-20(33-16)23-22(24(28)18-8-10-19-21(15-18)32-14-13-31-19)25(29)26(30)27(23)12-11-17-5-3-2-4-6-17/h2-10,15,23,28H,11-14H2,1H3/b24-22+/t23-/m1/s1. The Morgan fingerprint density at radius 2 is 1.76 bits per heavy atom. The zero-order valence-corrected chi connectivity index (χ0v) is 18.1. The fourth-order valence-electron chi connectivity index (χ4n) is 4.25. The van der Waals surface area contributed by atoms with Crippen molar-refractivity contribution in [1.29, 1.82) is 0 Å². The number of amides is 1. The first-order chi connectivity index (χ1) is 16.0. The van der Waals surface area contributed by atoms with Crippen LogP contribution in [0.3, 0.4) is 0 Å². The summed E-state index contributed by atoms with van der Waals surface area (Å²) >= 11 is 0. The molecule has 168 valence electrons. The van der Waals surface area contributed by atoms with Gasteiger partial charge in [-0.25, -0.2) is 0 Å². The quantitative estimate of drug-likeness (QED) is 0.362. The van der Waals surface area contributed by atoms with Crippen LogP contribution in [0.5, 0.6) is 11.5 Å². The highest BCUT2D eigenvalue weighted by Gasteiger charge is 2.47. The van der Waals surface area contributed by atoms with Crippen LogP contribution in [0, 0.1) is 6.92 Å². The summed E-state index contributed by atoms with van der Waals surface area (Å²) < 4.78 is 17.0. The van der Waals surface area contributed by atoms with E-state index in [1.165, 1.54) is 4.90 Å². The van der Waals surface area contributed by atoms with Crippen LogP contribution < -0.4 is 9.47 Å². The maximum atomic E-state index is 13.1. The summed E-state index contributed by atoms with van der Waals surface area (Å²) in [5.74, 6) is 0.454. The maximum Gasteiger partial charge on any atom is 0.295 e. The number of rotatable bonds is 5. The number of hydrogen-bond donors (Lipinski definition) is 1. The number of aryl methyl sites for hydroxylation is 1. The summed E-state index contributed by atoms with van der Waals surface area (Å²) in [6.45, 7) is 2.94. The summed E-state index contributed by atoms with van der Waals surface area (Å²) in [4.78, 5) is 27.6. The fourth-order valence-corrected chi connectivity index (χ4v) is 4.25. The molecule has 0 spiro atoms. The molecule has 1 amide bonds. The van der Waals surface area contributed by atoms with Gasteiger partial charge in [-0.2, -0.15) is 0 Å². The molecule has 1 aromatic heterocycles. The number of Topliss-reactive ketones (excluding diaryl/α,β-unsaturated/α-hetero) is 1. The lowest BCUT2D eigenvalue weighted by Gasteiger charge is -2.23. The van der Waals surface area contributed by atoms with Gasteiger partial charge in [0.15, 0.2) is 11.5 Å². The molecule has 1 saturated heterocycles. The van der Waals surface area contributed by atoms with Crippen LogP contribution in [0.4, 0.5) is 0 Å². The van der Waals surface area contributed by atoms with E-state index in [-0.39, 0.29) is 11.3 Å². The molecule has 0 unspecified atom stereocenters. The predicted octanol–water partition coefficient (Wildman–Crippen LogP) is 4.02. The number of hydrogen-bond acceptors (Lipinski definition) is 6. The van der Waals surface area contributed by atoms with Crippen molar-refractivity contribution in [3.8, 4) is 11.5 Å². The minimum atomic E-state index is -0.824. The number of ether oxygens (including phenoxy) is 2. The van der Waals surface area contributed by atoms with Crippen LogP contribution in [-0.4, -0.2) is 41.5 Å². The first kappa shape index (κ1) is 20.9. The topological polar surface area (TPSA) is 89.2 Å². The summed E-state index contributed by atoms with van der Waals surface area (Å²) in [5.41, 5.74) is 1.41. The van der Waals surface area contributed by atoms with Crippen molar-refractivity contribution < 1.29 is 28.6 Å². The number of fused-ring (bicyclic) bond motifs is 1. The van der Waals surface area contributed by atoms with E-state index in [1.807, 2.05) is 30.3 Å². The van der Waals surface area contributed by atoms with Crippen LogP contribution in [0.2, 0.25) is 0 Å². The summed E-state index contributed by atoms with van der Waals surface area (Å²) in [7, 11) is 0. The number of likely N-dealkylation sites (tertiary alicyclic amines) is 1. The van der Waals surface area contributed by atoms with E-state index in [2.05, 4.69) is 0 Å². The number of furan rings is 1. The predicted molar refractivity (Wildman–Crippen MR) is 120 cm³/mol. The molecule has 1 fully saturated rings. The molecule has 0 saturated carbocycles. The smallest absolute Gasteiger partial charge is 0.295 e. The van der Waals surface area contributed by atoms with Crippen molar-refractivity contribution >= 4 is 17.4 Å². The third-order valence-corrected chi connectivity index (χ3v) is 5.87. The largest absolute Gasteiger partial charge is 0.507 e. The molecule has 0 bridgehead atoms. The highest BCUT2D eigenvalue weighted by atomic mass is 16.6. The zero-order valence-electron chi connectivity index (χ0n) is 18.1. The van der Waals surface area contributed by atoms with Crippen molar-refractivity contribution in [2.45, 2.75) is 19.4 Å². The number of nitrogens with zero attached hydrogens (tertiary/aromatic N) is 1. The third-order valence-electron chi connectivity index (χ3n) is 5.87. The molecule has 2 aromatic carbocycles. The van der Waals surface area contributed by atoms with E-state index < -0.39 is 17.7 Å². The monoisotopic (exact) mass is 445 g/mol. The van der Waals surface area contributed by atoms with E-state index >= 15 is 0 Å². The second kappa shape index (κ2) is 8.50. The first-order valence-corrected chi connectivity index (χ1v) is 10.8. The van der Waals surface area contributed by atoms with E-state index in [1.54, 1.807) is 37.3 Å². The van der Waals surface area contributed by atoms with Gasteiger partial charge in [0.2, 0.25) is 0 Å². The van der Waals surface area contributed by atoms with Gasteiger partial charge in [0.1, 0.15) is 36.5 Å². The highest BCUT2D eigenvalue weighted by molar-refractivity contribution is 6.46. The summed E-state index contributed by atoms with van der Waals surface area (Å²) in [5, 5.41) is 11.2. The van der Waals surface area contributed by atoms with Gasteiger partial charge < -0.3 is 23.9 Å². The van der Waals surface area contributed by atoms with Crippen LogP contribution >= 0.6 is 0 Å². The normalized spacial score (nSPS) is 19.2. The average molecular weight is 445 g/mol. The number of ketones is 1. The van der Waals surface area contributed by atoms with Gasteiger partial charge in [-0.1, -0.05) is 30.3 Å². The van der Waals surface area contributed by atoms with Gasteiger partial charge in [0.05, 0.1) is 5.57 Å². The van der Waals surface area contributed by atoms with Gasteiger partial charge >= 0.3 is 0 Å². The minimum absolute atomic E-state index is 0.000843. The van der Waals surface area contributed by atoms with Crippen LogP contribution in [-0.2, 0) is 16.0 Å². The lowest BCUT2D eigenvalue weighted by molar-refractivity contribution is -0.140. The molecular formula is C26H23NO6. The minimum Gasteiger partial charge on any atom is -0.507 e. The lowest BCUT2D eigenvalue weighted by atomic mass is 9.99. The van der Waals surface area contributed by atoms with Crippen LogP contribution in [0.25, 0.3) is 5.76 Å². The molecule has 33 heavy (non-hydrogen) atoms. The van der Waals surface area contributed by atoms with Crippen molar-refractivity contribution in [1.82, 2.24) is 4.90 Å². The highest BCUT2D eigenvalue weighted by Crippen LogP contribution is 2.41. The molecule has 3 aromatic rings. The number of carbonyl (C=O) groups is 2. The van der Waals surface area contributed by atoms with E-state index in [0.29, 0.717) is 54.8 Å². The summed E-state index contributed by atoms with van der Waals surface area (Å²) in [6.07, 6.45) is 0.564. The van der Waals surface area contributed by atoms with Crippen molar-refractivity contribution in [3.05, 3.63) is 88.9 Å². The Morgan fingerprint density at radius 1 is 1.00 bits per heavy atom. The Balaban J connectivity index is 1.56. The SMILES string of the molecule is Cc1ccc([C@@H]2/C(=C(\O)c3ccc4c(c3)OCCO4)C(=O)C(=O)N2CCc2ccccc2)o1. The third kappa shape index (κ3) is 3.86. The zero-order chi connectivity index (χ0) is 22.9. The molecule has 2 aliphatic heterocycles. The molecule has 1 N–H and O–H groups in total. The molecule has 7 heteroatoms. The number of aliphatic hydroxyl groups excluding tert-OH is 1. The van der Waals surface area contributed by atoms with Gasteiger partial charge in [-0.3, -0.25) is 9.59 Å². The van der Waals surface area contributed by atoms with Gasteiger partial charge in [0.25, 0.3) is 11.7 Å². The van der Waals surface area contributed by atoms with E-state index in [9.17, 15) is 14.7 Å². The Bertz CT molecular complexity index is 1240. The lowest BCUT2D eigenvalue weighted by Crippen LogP contribution is -2.31. The molecule has 2 aliphatic rings. The number of benzene rings is 2. The number of aliphatic hydroxyl groups is 1. The van der Waals surface area contributed by atoms with E-state index in [4.69, 9.17) is 13.9 Å². The van der Waals surface area contributed by atoms with Gasteiger partial charge in [0, 0.05) is 12.1 Å². The first-order valence-electron chi connectivity index (χ1n) is 10.8. The van der Waals surface area contributed by atoms with Gasteiger partial charge in [-0.15, -0.1) is 0 Å². The molecule has 0 radical (unpaired) electrons. The average Bonchev–Trinajstić information content (AvgIpc) is 3.38. The second-order valence-corrected chi connectivity index (χ2v) is 8.03. The molecule has 5 rings (SSSR count). The molecule has 0 aliphatic carbocycles. The maximum absolute atomic E-state index is 13.1. The van der Waals surface area contributed by atoms with E-state index in [0.717, 1.165) is 5.56 Å². The molecule has 1 atom stereocenters. The van der Waals surface area contributed by atoms with Crippen LogP contribution in [0.15, 0.2) is 70.7 Å². The summed E-state index contributed by atoms with van der Waals surface area (Å²) in [6, 6.07) is 17.4. The number of carbonyl (C=O) groups excluding carboxylic acids is 2. The Labute approximate surface area is 190 Å². The van der Waals surface area contributed by atoms with Crippen molar-refractivity contribution in [2.75, 3.05) is 19.8 Å². The molecular weight excluding hydrogens is 422 g/mol. The Kier molecular flexibility index (Phi) is 5.38. The Morgan fingerprint density at radius 3 is 2.48 bits per heavy atom. The van der Waals surface area contributed by atoms with Crippen LogP contribution in [0.1, 0.15) is 28.7 Å². The fraction of sp³-hybridized carbons (Fsp3) is 0.231. The van der Waals surface area contributed by atoms with Crippen molar-refractivity contribution in [3.63, 3.8) is 0 Å². The molecule has 7 nitrogen and oxygen atoms in total. The second-order valence-electron chi connectivity index (χ2n) is 8.03. The van der Waals surface area contributed by atoms with Gasteiger partial charge in [-0.05, 0) is 49.2 Å². The van der Waals surface area contributed by atoms with Crippen molar-refractivity contribution in [2.24, 2.45) is 0 Å². The molecule has 3 heterocycles.